The zero-order valence-electron chi connectivity index (χ0n) is 12.5. The van der Waals surface area contributed by atoms with Crippen LogP contribution in [0.25, 0.3) is 11.0 Å². The van der Waals surface area contributed by atoms with E-state index in [1.807, 2.05) is 10.6 Å². The lowest BCUT2D eigenvalue weighted by Crippen LogP contribution is -2.22. The number of aromatic nitrogens is 2. The van der Waals surface area contributed by atoms with Crippen molar-refractivity contribution in [1.29, 1.82) is 0 Å². The number of imidazole rings is 1. The van der Waals surface area contributed by atoms with Gasteiger partial charge in [-0.25, -0.2) is 13.4 Å². The molecule has 1 atom stereocenters. The Hall–Kier alpha value is -1.56. The molecule has 6 heteroatoms. The lowest BCUT2D eigenvalue weighted by atomic mass is 9.88. The molecule has 0 aliphatic carbocycles. The second-order valence-corrected chi connectivity index (χ2v) is 8.26. The summed E-state index contributed by atoms with van der Waals surface area (Å²) in [5.41, 5.74) is 7.21. The summed E-state index contributed by atoms with van der Waals surface area (Å²) in [6.07, 6.45) is 1.18. The zero-order chi connectivity index (χ0) is 15.3. The molecule has 20 heavy (non-hydrogen) atoms. The molecule has 0 fully saturated rings. The van der Waals surface area contributed by atoms with Gasteiger partial charge in [-0.15, -0.1) is 0 Å². The molecule has 1 heterocycles. The minimum absolute atomic E-state index is 0.0111. The van der Waals surface area contributed by atoms with E-state index in [2.05, 4.69) is 32.7 Å². The van der Waals surface area contributed by atoms with E-state index in [-0.39, 0.29) is 16.4 Å². The topological polar surface area (TPSA) is 78.0 Å². The maximum atomic E-state index is 11.8. The van der Waals surface area contributed by atoms with Gasteiger partial charge in [0.05, 0.1) is 10.4 Å². The second kappa shape index (κ2) is 4.48. The Morgan fingerprint density at radius 3 is 2.40 bits per heavy atom. The summed E-state index contributed by atoms with van der Waals surface area (Å²) in [5, 5.41) is 0. The van der Waals surface area contributed by atoms with Gasteiger partial charge in [0, 0.05) is 12.3 Å². The number of nitrogens with two attached hydrogens (primary N) is 1. The van der Waals surface area contributed by atoms with Gasteiger partial charge in [0.1, 0.15) is 5.52 Å². The predicted molar refractivity (Wildman–Crippen MR) is 81.4 cm³/mol. The molecule has 0 aliphatic heterocycles. The standard InChI is InChI=1S/C14H21N3O2S/c1-9(14(2,3)4)17-10-7-6-8-11(20(5,18)19)12(10)16-13(17)15/h6-9H,1-5H3,(H2,15,16). The first-order valence-electron chi connectivity index (χ1n) is 6.50. The van der Waals surface area contributed by atoms with Gasteiger partial charge >= 0.3 is 0 Å². The zero-order valence-corrected chi connectivity index (χ0v) is 13.3. The Labute approximate surface area is 119 Å². The van der Waals surface area contributed by atoms with Crippen LogP contribution in [0.1, 0.15) is 33.7 Å². The van der Waals surface area contributed by atoms with Gasteiger partial charge in [-0.1, -0.05) is 26.8 Å². The Kier molecular flexibility index (Phi) is 3.32. The van der Waals surface area contributed by atoms with Crippen molar-refractivity contribution in [2.24, 2.45) is 5.41 Å². The van der Waals surface area contributed by atoms with E-state index in [9.17, 15) is 8.42 Å². The lowest BCUT2D eigenvalue weighted by molar-refractivity contribution is 0.270. The normalized spacial score (nSPS) is 14.7. The number of anilines is 1. The van der Waals surface area contributed by atoms with Gasteiger partial charge in [-0.05, 0) is 24.5 Å². The third kappa shape index (κ3) is 2.40. The molecule has 1 aromatic heterocycles. The van der Waals surface area contributed by atoms with E-state index in [0.29, 0.717) is 11.5 Å². The molecule has 1 unspecified atom stereocenters. The summed E-state index contributed by atoms with van der Waals surface area (Å²) < 4.78 is 25.6. The number of nitrogens with zero attached hydrogens (tertiary/aromatic N) is 2. The van der Waals surface area contributed by atoms with Crippen LogP contribution in [-0.2, 0) is 9.84 Å². The van der Waals surface area contributed by atoms with Crippen molar-refractivity contribution in [2.45, 2.75) is 38.6 Å². The smallest absolute Gasteiger partial charge is 0.201 e. The molecule has 0 bridgehead atoms. The fourth-order valence-corrected chi connectivity index (χ4v) is 3.03. The minimum atomic E-state index is -3.33. The Morgan fingerprint density at radius 1 is 1.30 bits per heavy atom. The fourth-order valence-electron chi connectivity index (χ4n) is 2.20. The van der Waals surface area contributed by atoms with E-state index in [4.69, 9.17) is 5.73 Å². The van der Waals surface area contributed by atoms with Crippen LogP contribution in [0.2, 0.25) is 0 Å². The Balaban J connectivity index is 2.81. The molecule has 0 saturated heterocycles. The predicted octanol–water partition coefficient (Wildman–Crippen LogP) is 2.63. The number of benzene rings is 1. The summed E-state index contributed by atoms with van der Waals surface area (Å²) in [6.45, 7) is 8.40. The Bertz CT molecular complexity index is 755. The number of para-hydroxylation sites is 1. The molecule has 2 rings (SSSR count). The van der Waals surface area contributed by atoms with Gasteiger partial charge in [-0.2, -0.15) is 0 Å². The highest BCUT2D eigenvalue weighted by atomic mass is 32.2. The number of fused-ring (bicyclic) bond motifs is 1. The van der Waals surface area contributed by atoms with Gasteiger partial charge < -0.3 is 10.3 Å². The molecule has 1 aromatic carbocycles. The van der Waals surface area contributed by atoms with Crippen LogP contribution in [0.5, 0.6) is 0 Å². The van der Waals surface area contributed by atoms with Crippen molar-refractivity contribution >= 4 is 26.8 Å². The van der Waals surface area contributed by atoms with Gasteiger partial charge in [0.2, 0.25) is 5.95 Å². The first-order chi connectivity index (χ1) is 9.03. The number of sulfone groups is 1. The number of hydrogen-bond acceptors (Lipinski definition) is 4. The fraction of sp³-hybridized carbons (Fsp3) is 0.500. The Morgan fingerprint density at radius 2 is 1.90 bits per heavy atom. The van der Waals surface area contributed by atoms with Crippen LogP contribution in [0, 0.1) is 5.41 Å². The van der Waals surface area contributed by atoms with Crippen molar-refractivity contribution in [2.75, 3.05) is 12.0 Å². The van der Waals surface area contributed by atoms with E-state index in [1.54, 1.807) is 12.1 Å². The van der Waals surface area contributed by atoms with Gasteiger partial charge in [-0.3, -0.25) is 0 Å². The van der Waals surface area contributed by atoms with Crippen molar-refractivity contribution < 1.29 is 8.42 Å². The summed E-state index contributed by atoms with van der Waals surface area (Å²) in [6, 6.07) is 5.25. The highest BCUT2D eigenvalue weighted by Crippen LogP contribution is 2.36. The monoisotopic (exact) mass is 295 g/mol. The van der Waals surface area contributed by atoms with Gasteiger partial charge in [0.25, 0.3) is 0 Å². The molecule has 2 N–H and O–H groups in total. The van der Waals surface area contributed by atoms with Crippen molar-refractivity contribution in [3.05, 3.63) is 18.2 Å². The minimum Gasteiger partial charge on any atom is -0.369 e. The van der Waals surface area contributed by atoms with Gasteiger partial charge in [0.15, 0.2) is 9.84 Å². The summed E-state index contributed by atoms with van der Waals surface area (Å²) in [7, 11) is -3.33. The molecule has 110 valence electrons. The molecule has 5 nitrogen and oxygen atoms in total. The first-order valence-corrected chi connectivity index (χ1v) is 8.39. The van der Waals surface area contributed by atoms with E-state index in [1.165, 1.54) is 6.26 Å². The van der Waals surface area contributed by atoms with Crippen LogP contribution in [0.15, 0.2) is 23.1 Å². The molecule has 0 spiro atoms. The summed E-state index contributed by atoms with van der Waals surface area (Å²) in [5.74, 6) is 0.346. The molecule has 0 saturated carbocycles. The van der Waals surface area contributed by atoms with E-state index in [0.717, 1.165) is 5.52 Å². The lowest BCUT2D eigenvalue weighted by Gasteiger charge is -2.29. The molecule has 0 aliphatic rings. The maximum Gasteiger partial charge on any atom is 0.201 e. The highest BCUT2D eigenvalue weighted by Gasteiger charge is 2.26. The summed E-state index contributed by atoms with van der Waals surface area (Å²) >= 11 is 0. The number of rotatable bonds is 2. The molecular weight excluding hydrogens is 274 g/mol. The van der Waals surface area contributed by atoms with Crippen LogP contribution in [-0.4, -0.2) is 24.2 Å². The van der Waals surface area contributed by atoms with Crippen molar-refractivity contribution in [3.8, 4) is 0 Å². The van der Waals surface area contributed by atoms with E-state index < -0.39 is 9.84 Å². The quantitative estimate of drug-likeness (QED) is 0.923. The average molecular weight is 295 g/mol. The number of nitrogen functional groups attached to an aromatic ring is 1. The second-order valence-electron chi connectivity index (χ2n) is 6.28. The molecule has 0 amide bonds. The largest absolute Gasteiger partial charge is 0.369 e. The molecule has 2 aromatic rings. The molecule has 0 radical (unpaired) electrons. The van der Waals surface area contributed by atoms with Crippen LogP contribution in [0.3, 0.4) is 0 Å². The first kappa shape index (κ1) is 14.8. The third-order valence-electron chi connectivity index (χ3n) is 3.75. The number of hydrogen-bond donors (Lipinski definition) is 1. The van der Waals surface area contributed by atoms with E-state index >= 15 is 0 Å². The van der Waals surface area contributed by atoms with Crippen LogP contribution in [0.4, 0.5) is 5.95 Å². The molecular formula is C14H21N3O2S. The van der Waals surface area contributed by atoms with Crippen molar-refractivity contribution in [3.63, 3.8) is 0 Å². The van der Waals surface area contributed by atoms with Crippen LogP contribution < -0.4 is 5.73 Å². The van der Waals surface area contributed by atoms with Crippen LogP contribution >= 0.6 is 0 Å². The average Bonchev–Trinajstić information content (AvgIpc) is 2.60. The van der Waals surface area contributed by atoms with Crippen molar-refractivity contribution in [1.82, 2.24) is 9.55 Å². The summed E-state index contributed by atoms with van der Waals surface area (Å²) in [4.78, 5) is 4.50. The maximum absolute atomic E-state index is 11.8. The SMILES string of the molecule is CC(n1c(N)nc2c(S(C)(=O)=O)cccc21)C(C)(C)C. The highest BCUT2D eigenvalue weighted by molar-refractivity contribution is 7.91. The third-order valence-corrected chi connectivity index (χ3v) is 4.88.